The summed E-state index contributed by atoms with van der Waals surface area (Å²) in [4.78, 5) is 15.7. The first-order valence-corrected chi connectivity index (χ1v) is 15.5. The number of likely N-dealkylation sites (N-methyl/N-ethyl adjacent to an activating group) is 1. The Balaban J connectivity index is 1.41. The summed E-state index contributed by atoms with van der Waals surface area (Å²) >= 11 is 0. The van der Waals surface area contributed by atoms with Gasteiger partial charge in [-0.05, 0) is 43.9 Å². The number of aliphatic hydroxyl groups is 2. The van der Waals surface area contributed by atoms with Crippen molar-refractivity contribution < 1.29 is 38.7 Å². The molecule has 4 N–H and O–H groups in total. The number of nitrogen functional groups attached to an aromatic ring is 1. The van der Waals surface area contributed by atoms with Crippen molar-refractivity contribution in [3.05, 3.63) is 29.8 Å². The fourth-order valence-corrected chi connectivity index (χ4v) is 12.0. The summed E-state index contributed by atoms with van der Waals surface area (Å²) in [5, 5.41) is 26.3. The smallest absolute Gasteiger partial charge is 0.340 e. The number of ether oxygens (including phenoxy) is 5. The Kier molecular flexibility index (Phi) is 6.62. The van der Waals surface area contributed by atoms with E-state index in [2.05, 4.69) is 11.8 Å². The quantitative estimate of drug-likeness (QED) is 0.306. The van der Waals surface area contributed by atoms with Crippen molar-refractivity contribution in [1.82, 2.24) is 4.90 Å². The van der Waals surface area contributed by atoms with Crippen LogP contribution in [0, 0.1) is 34.5 Å². The number of piperidine rings is 1. The summed E-state index contributed by atoms with van der Waals surface area (Å²) < 4.78 is 31.1. The van der Waals surface area contributed by atoms with E-state index in [-0.39, 0.29) is 48.6 Å². The van der Waals surface area contributed by atoms with Crippen molar-refractivity contribution in [2.24, 2.45) is 34.5 Å². The average Bonchev–Trinajstić information content (AvgIpc) is 3.41. The van der Waals surface area contributed by atoms with Crippen LogP contribution in [0.1, 0.15) is 43.0 Å². The van der Waals surface area contributed by atoms with Crippen LogP contribution in [-0.2, 0) is 23.7 Å². The summed E-state index contributed by atoms with van der Waals surface area (Å²) in [6.07, 6.45) is 1.22. The summed E-state index contributed by atoms with van der Waals surface area (Å²) in [5.74, 6) is -0.892. The molecular weight excluding hydrogens is 540 g/mol. The first-order chi connectivity index (χ1) is 20.1. The number of benzene rings is 1. The molecule has 1 aromatic rings. The molecule has 1 saturated heterocycles. The Morgan fingerprint density at radius 1 is 1.10 bits per heavy atom. The summed E-state index contributed by atoms with van der Waals surface area (Å²) in [6.45, 7) is 3.54. The third kappa shape index (κ3) is 3.12. The maximum Gasteiger partial charge on any atom is 0.340 e. The molecule has 5 saturated carbocycles. The van der Waals surface area contributed by atoms with E-state index in [1.807, 2.05) is 0 Å². The summed E-state index contributed by atoms with van der Waals surface area (Å²) in [7, 11) is 6.80. The molecule has 7 bridgehead atoms. The van der Waals surface area contributed by atoms with Gasteiger partial charge in [-0.25, -0.2) is 4.79 Å². The zero-order chi connectivity index (χ0) is 29.8. The Hall–Kier alpha value is -1.79. The van der Waals surface area contributed by atoms with Crippen LogP contribution in [0.15, 0.2) is 24.3 Å². The lowest BCUT2D eigenvalue weighted by atomic mass is 9.42. The molecule has 13 atom stereocenters. The van der Waals surface area contributed by atoms with Gasteiger partial charge in [-0.3, -0.25) is 4.90 Å². The minimum atomic E-state index is -1.62. The van der Waals surface area contributed by atoms with Gasteiger partial charge in [-0.1, -0.05) is 19.1 Å². The highest BCUT2D eigenvalue weighted by atomic mass is 16.5. The van der Waals surface area contributed by atoms with Gasteiger partial charge < -0.3 is 39.6 Å². The van der Waals surface area contributed by atoms with Crippen LogP contribution >= 0.6 is 0 Å². The molecule has 1 aliphatic heterocycles. The lowest BCUT2D eigenvalue weighted by Gasteiger charge is -2.70. The van der Waals surface area contributed by atoms with E-state index in [0.29, 0.717) is 30.8 Å². The lowest BCUT2D eigenvalue weighted by Crippen LogP contribution is -2.82. The van der Waals surface area contributed by atoms with Gasteiger partial charge in [0.25, 0.3) is 0 Å². The molecule has 6 aliphatic rings. The third-order valence-corrected chi connectivity index (χ3v) is 13.0. The minimum absolute atomic E-state index is 0.00697. The van der Waals surface area contributed by atoms with E-state index in [1.165, 1.54) is 0 Å². The van der Waals surface area contributed by atoms with Gasteiger partial charge >= 0.3 is 5.97 Å². The molecule has 232 valence electrons. The van der Waals surface area contributed by atoms with E-state index in [1.54, 1.807) is 52.7 Å². The van der Waals surface area contributed by atoms with Gasteiger partial charge in [0.05, 0.1) is 42.6 Å². The maximum absolute atomic E-state index is 13.4. The molecule has 6 fully saturated rings. The number of anilines is 1. The van der Waals surface area contributed by atoms with Crippen molar-refractivity contribution in [2.75, 3.05) is 53.9 Å². The number of hydrogen-bond acceptors (Lipinski definition) is 10. The number of esters is 1. The second-order valence-electron chi connectivity index (χ2n) is 13.8. The fraction of sp³-hybridized carbons (Fsp3) is 0.781. The van der Waals surface area contributed by atoms with Crippen LogP contribution in [-0.4, -0.2) is 111 Å². The number of para-hydroxylation sites is 1. The zero-order valence-corrected chi connectivity index (χ0v) is 25.3. The van der Waals surface area contributed by atoms with Crippen LogP contribution in [0.4, 0.5) is 5.69 Å². The standard InChI is InChI=1S/C32H46N2O8/c1-6-34-15-29(16-42-27(35)17-9-7-8-10-20(17)33)12-11-22(39-3)31-19-13-18-21(38-2)14-30(36,23(19)24(18)40-4)32(37,28(31)34)26(41-5)25(29)31/h7-10,18-19,21-26,28,36-37H,6,11-16,33H2,1-5H3/t18-,19-,21+,22+,23-,24+,25-,26+,28+,29+,30-,31+,32-/m1/s1. The minimum Gasteiger partial charge on any atom is -0.461 e. The average molecular weight is 587 g/mol. The molecule has 1 spiro atoms. The molecule has 10 nitrogen and oxygen atoms in total. The van der Waals surface area contributed by atoms with E-state index in [9.17, 15) is 15.0 Å². The van der Waals surface area contributed by atoms with E-state index < -0.39 is 40.1 Å². The normalized spacial score (nSPS) is 50.1. The Morgan fingerprint density at radius 2 is 1.86 bits per heavy atom. The molecule has 42 heavy (non-hydrogen) atoms. The largest absolute Gasteiger partial charge is 0.461 e. The highest BCUT2D eigenvalue weighted by Crippen LogP contribution is 2.80. The number of likely N-dealkylation sites (tertiary alicyclic amines) is 1. The van der Waals surface area contributed by atoms with Gasteiger partial charge in [-0.2, -0.15) is 0 Å². The topological polar surface area (TPSA) is 133 Å². The number of hydrogen-bond donors (Lipinski definition) is 3. The van der Waals surface area contributed by atoms with E-state index in [4.69, 9.17) is 29.4 Å². The number of carbonyl (C=O) groups excluding carboxylic acids is 1. The molecule has 5 aliphatic carbocycles. The summed E-state index contributed by atoms with van der Waals surface area (Å²) in [5.41, 5.74) is 2.65. The van der Waals surface area contributed by atoms with Gasteiger partial charge in [-0.15, -0.1) is 0 Å². The van der Waals surface area contributed by atoms with Crippen molar-refractivity contribution >= 4 is 11.7 Å². The number of nitrogens with two attached hydrogens (primary N) is 1. The van der Waals surface area contributed by atoms with Crippen LogP contribution in [0.25, 0.3) is 0 Å². The number of carbonyl (C=O) groups is 1. The number of rotatable bonds is 8. The molecule has 0 unspecified atom stereocenters. The first-order valence-electron chi connectivity index (χ1n) is 15.5. The first kappa shape index (κ1) is 29.0. The maximum atomic E-state index is 13.4. The third-order valence-electron chi connectivity index (χ3n) is 13.0. The Bertz CT molecular complexity index is 1250. The predicted molar refractivity (Wildman–Crippen MR) is 153 cm³/mol. The molecular formula is C32H46N2O8. The van der Waals surface area contributed by atoms with Crippen LogP contribution in [0.5, 0.6) is 0 Å². The van der Waals surface area contributed by atoms with Crippen molar-refractivity contribution in [3.8, 4) is 0 Å². The highest BCUT2D eigenvalue weighted by molar-refractivity contribution is 5.95. The monoisotopic (exact) mass is 586 g/mol. The highest BCUT2D eigenvalue weighted by Gasteiger charge is 2.91. The molecule has 7 rings (SSSR count). The van der Waals surface area contributed by atoms with E-state index in [0.717, 1.165) is 19.3 Å². The van der Waals surface area contributed by atoms with Crippen molar-refractivity contribution in [2.45, 2.75) is 74.3 Å². The zero-order valence-electron chi connectivity index (χ0n) is 25.3. The fourth-order valence-electron chi connectivity index (χ4n) is 12.0. The van der Waals surface area contributed by atoms with E-state index >= 15 is 0 Å². The van der Waals surface area contributed by atoms with Gasteiger partial charge in [0.15, 0.2) is 0 Å². The molecule has 0 radical (unpaired) electrons. The molecule has 1 aromatic carbocycles. The second-order valence-corrected chi connectivity index (χ2v) is 13.8. The molecule has 1 heterocycles. The molecule has 0 aromatic heterocycles. The van der Waals surface area contributed by atoms with Crippen molar-refractivity contribution in [3.63, 3.8) is 0 Å². The Labute approximate surface area is 247 Å². The van der Waals surface area contributed by atoms with Crippen LogP contribution in [0.3, 0.4) is 0 Å². The molecule has 10 heteroatoms. The number of nitrogens with zero attached hydrogens (tertiary/aromatic N) is 1. The number of fused-ring (bicyclic) bond motifs is 2. The second kappa shape index (κ2) is 9.60. The Morgan fingerprint density at radius 3 is 2.50 bits per heavy atom. The van der Waals surface area contributed by atoms with Crippen LogP contribution in [0.2, 0.25) is 0 Å². The van der Waals surface area contributed by atoms with Crippen molar-refractivity contribution in [1.29, 1.82) is 0 Å². The van der Waals surface area contributed by atoms with Crippen LogP contribution < -0.4 is 5.73 Å². The van der Waals surface area contributed by atoms with Gasteiger partial charge in [0, 0.05) is 75.7 Å². The van der Waals surface area contributed by atoms with Gasteiger partial charge in [0.2, 0.25) is 0 Å². The predicted octanol–water partition coefficient (Wildman–Crippen LogP) is 1.72. The molecule has 0 amide bonds. The SMILES string of the molecule is CCN1C[C@]2(COC(=O)c3ccccc3N)CC[C@H](OC)[C@@]34[C@@H]5C[C@H]6[C@H](OC)[C@@H]5[C@](O)(C[C@@H]6OC)[C@@](O)([C@@H](OC)[C@H]23)[C@@H]14. The lowest BCUT2D eigenvalue weighted by molar-refractivity contribution is -0.320. The summed E-state index contributed by atoms with van der Waals surface area (Å²) in [6, 6.07) is 6.55. The number of methoxy groups -OCH3 is 4. The van der Waals surface area contributed by atoms with Gasteiger partial charge in [0.1, 0.15) is 11.2 Å².